The van der Waals surface area contributed by atoms with Crippen LogP contribution in [0.25, 0.3) is 0 Å². The molecule has 0 aromatic heterocycles. The fourth-order valence-electron chi connectivity index (χ4n) is 2.28. The molecule has 2 aliphatic rings. The van der Waals surface area contributed by atoms with Gasteiger partial charge < -0.3 is 21.5 Å². The van der Waals surface area contributed by atoms with Gasteiger partial charge in [-0.15, -0.1) is 0 Å². The standard InChI is InChI=1S/C12H19N3O4/c13-9(16)5-8(11(17)18)14-12(19)15-10(6-1-2-6)7-3-4-7/h6-8,10H,1-5H2,(H2,13,16)(H,17,18)(H2,14,15,19). The van der Waals surface area contributed by atoms with E-state index < -0.39 is 30.4 Å². The summed E-state index contributed by atoms with van der Waals surface area (Å²) in [5, 5.41) is 14.0. The van der Waals surface area contributed by atoms with Crippen LogP contribution in [-0.2, 0) is 9.59 Å². The molecule has 0 radical (unpaired) electrons. The number of carbonyl (C=O) groups is 3. The fourth-order valence-corrected chi connectivity index (χ4v) is 2.28. The van der Waals surface area contributed by atoms with Gasteiger partial charge in [-0.05, 0) is 37.5 Å². The monoisotopic (exact) mass is 269 g/mol. The Morgan fingerprint density at radius 3 is 2.00 bits per heavy atom. The molecule has 0 aliphatic heterocycles. The maximum Gasteiger partial charge on any atom is 0.326 e. The molecule has 7 nitrogen and oxygen atoms in total. The number of urea groups is 1. The molecule has 106 valence electrons. The lowest BCUT2D eigenvalue weighted by Crippen LogP contribution is -2.51. The second kappa shape index (κ2) is 5.46. The number of primary amides is 1. The van der Waals surface area contributed by atoms with E-state index >= 15 is 0 Å². The molecule has 2 aliphatic carbocycles. The lowest BCUT2D eigenvalue weighted by molar-refractivity contribution is -0.140. The smallest absolute Gasteiger partial charge is 0.326 e. The number of carboxylic acid groups (broad SMARTS) is 1. The zero-order chi connectivity index (χ0) is 14.0. The van der Waals surface area contributed by atoms with Crippen LogP contribution in [0.3, 0.4) is 0 Å². The first kappa shape index (κ1) is 13.6. The summed E-state index contributed by atoms with van der Waals surface area (Å²) < 4.78 is 0. The number of aliphatic carboxylic acids is 1. The molecule has 19 heavy (non-hydrogen) atoms. The van der Waals surface area contributed by atoms with Crippen LogP contribution in [0.4, 0.5) is 4.79 Å². The SMILES string of the molecule is NC(=O)CC(NC(=O)NC(C1CC1)C1CC1)C(=O)O. The highest BCUT2D eigenvalue weighted by Gasteiger charge is 2.42. The van der Waals surface area contributed by atoms with Crippen LogP contribution in [0.1, 0.15) is 32.1 Å². The van der Waals surface area contributed by atoms with E-state index in [4.69, 9.17) is 10.8 Å². The molecule has 0 aromatic rings. The van der Waals surface area contributed by atoms with Gasteiger partial charge in [-0.25, -0.2) is 9.59 Å². The molecule has 3 amide bonds. The molecule has 1 atom stereocenters. The van der Waals surface area contributed by atoms with Gasteiger partial charge in [0.1, 0.15) is 6.04 Å². The first-order valence-electron chi connectivity index (χ1n) is 6.55. The van der Waals surface area contributed by atoms with E-state index in [1.54, 1.807) is 0 Å². The Morgan fingerprint density at radius 1 is 1.11 bits per heavy atom. The normalized spacial score (nSPS) is 19.8. The average Bonchev–Trinajstić information content (AvgIpc) is 3.14. The van der Waals surface area contributed by atoms with Crippen molar-refractivity contribution in [2.75, 3.05) is 0 Å². The molecule has 2 fully saturated rings. The van der Waals surface area contributed by atoms with E-state index in [1.165, 1.54) is 0 Å². The number of amides is 3. The Balaban J connectivity index is 1.83. The van der Waals surface area contributed by atoms with E-state index in [-0.39, 0.29) is 6.04 Å². The van der Waals surface area contributed by atoms with Crippen molar-refractivity contribution in [3.05, 3.63) is 0 Å². The van der Waals surface area contributed by atoms with Gasteiger partial charge in [0, 0.05) is 6.04 Å². The molecular weight excluding hydrogens is 250 g/mol. The van der Waals surface area contributed by atoms with Crippen molar-refractivity contribution in [1.82, 2.24) is 10.6 Å². The third-order valence-corrected chi connectivity index (χ3v) is 3.57. The predicted octanol–water partition coefficient (Wildman–Crippen LogP) is -0.197. The minimum atomic E-state index is -1.27. The molecule has 0 aromatic carbocycles. The molecule has 0 saturated heterocycles. The van der Waals surface area contributed by atoms with Gasteiger partial charge in [-0.2, -0.15) is 0 Å². The van der Waals surface area contributed by atoms with Crippen molar-refractivity contribution in [1.29, 1.82) is 0 Å². The number of hydrogen-bond acceptors (Lipinski definition) is 3. The van der Waals surface area contributed by atoms with Crippen LogP contribution in [0.15, 0.2) is 0 Å². The molecule has 5 N–H and O–H groups in total. The quantitative estimate of drug-likeness (QED) is 0.511. The minimum Gasteiger partial charge on any atom is -0.480 e. The zero-order valence-corrected chi connectivity index (χ0v) is 10.6. The van der Waals surface area contributed by atoms with Crippen LogP contribution >= 0.6 is 0 Å². The third-order valence-electron chi connectivity index (χ3n) is 3.57. The Kier molecular flexibility index (Phi) is 3.92. The number of nitrogens with two attached hydrogens (primary N) is 1. The Hall–Kier alpha value is -1.79. The zero-order valence-electron chi connectivity index (χ0n) is 10.6. The third kappa shape index (κ3) is 4.11. The van der Waals surface area contributed by atoms with Gasteiger partial charge in [0.15, 0.2) is 0 Å². The van der Waals surface area contributed by atoms with Gasteiger partial charge in [-0.3, -0.25) is 4.79 Å². The van der Waals surface area contributed by atoms with Gasteiger partial charge in [0.25, 0.3) is 0 Å². The van der Waals surface area contributed by atoms with Crippen LogP contribution in [0.2, 0.25) is 0 Å². The van der Waals surface area contributed by atoms with E-state index in [0.29, 0.717) is 11.8 Å². The lowest BCUT2D eigenvalue weighted by Gasteiger charge is -2.20. The summed E-state index contributed by atoms with van der Waals surface area (Å²) in [6.45, 7) is 0. The summed E-state index contributed by atoms with van der Waals surface area (Å²) in [6.07, 6.45) is 4.06. The number of hydrogen-bond donors (Lipinski definition) is 4. The van der Waals surface area contributed by atoms with E-state index in [0.717, 1.165) is 25.7 Å². The van der Waals surface area contributed by atoms with Crippen molar-refractivity contribution in [3.63, 3.8) is 0 Å². The number of carbonyl (C=O) groups excluding carboxylic acids is 2. The van der Waals surface area contributed by atoms with Crippen LogP contribution in [-0.4, -0.2) is 35.1 Å². The van der Waals surface area contributed by atoms with E-state index in [1.807, 2.05) is 0 Å². The number of carboxylic acids is 1. The Labute approximate surface area is 110 Å². The highest BCUT2D eigenvalue weighted by Crippen LogP contribution is 2.44. The first-order chi connectivity index (χ1) is 8.97. The predicted molar refractivity (Wildman–Crippen MR) is 66.1 cm³/mol. The summed E-state index contributed by atoms with van der Waals surface area (Å²) in [5.74, 6) is -0.965. The largest absolute Gasteiger partial charge is 0.480 e. The minimum absolute atomic E-state index is 0.142. The van der Waals surface area contributed by atoms with Crippen molar-refractivity contribution < 1.29 is 19.5 Å². The highest BCUT2D eigenvalue weighted by molar-refractivity contribution is 5.87. The maximum absolute atomic E-state index is 11.8. The molecule has 1 unspecified atom stereocenters. The molecule has 2 rings (SSSR count). The number of rotatable bonds is 7. The molecule has 0 heterocycles. The highest BCUT2D eigenvalue weighted by atomic mass is 16.4. The van der Waals surface area contributed by atoms with Gasteiger partial charge in [0.2, 0.25) is 5.91 Å². The van der Waals surface area contributed by atoms with Crippen molar-refractivity contribution >= 4 is 17.9 Å². The summed E-state index contributed by atoms with van der Waals surface area (Å²) in [5.41, 5.74) is 4.95. The van der Waals surface area contributed by atoms with E-state index in [9.17, 15) is 14.4 Å². The molecule has 0 bridgehead atoms. The summed E-state index contributed by atoms with van der Waals surface area (Å²) in [4.78, 5) is 33.4. The fraction of sp³-hybridized carbons (Fsp3) is 0.750. The van der Waals surface area contributed by atoms with Crippen LogP contribution < -0.4 is 16.4 Å². The maximum atomic E-state index is 11.8. The molecular formula is C12H19N3O4. The van der Waals surface area contributed by atoms with Crippen molar-refractivity contribution in [2.24, 2.45) is 17.6 Å². The Bertz CT molecular complexity index is 378. The lowest BCUT2D eigenvalue weighted by atomic mass is 10.1. The topological polar surface area (TPSA) is 122 Å². The van der Waals surface area contributed by atoms with E-state index in [2.05, 4.69) is 10.6 Å². The molecule has 0 spiro atoms. The molecule has 2 saturated carbocycles. The van der Waals surface area contributed by atoms with Crippen LogP contribution in [0.5, 0.6) is 0 Å². The van der Waals surface area contributed by atoms with Gasteiger partial charge >= 0.3 is 12.0 Å². The van der Waals surface area contributed by atoms with Crippen molar-refractivity contribution in [2.45, 2.75) is 44.2 Å². The second-order valence-corrected chi connectivity index (χ2v) is 5.38. The van der Waals surface area contributed by atoms with Gasteiger partial charge in [0.05, 0.1) is 6.42 Å². The Morgan fingerprint density at radius 2 is 1.63 bits per heavy atom. The second-order valence-electron chi connectivity index (χ2n) is 5.38. The van der Waals surface area contributed by atoms with Gasteiger partial charge in [-0.1, -0.05) is 0 Å². The summed E-state index contributed by atoms with van der Waals surface area (Å²) in [7, 11) is 0. The van der Waals surface area contributed by atoms with Crippen molar-refractivity contribution in [3.8, 4) is 0 Å². The van der Waals surface area contributed by atoms with Crippen LogP contribution in [0, 0.1) is 11.8 Å². The summed E-state index contributed by atoms with van der Waals surface area (Å²) >= 11 is 0. The number of nitrogens with one attached hydrogen (secondary N) is 2. The summed E-state index contributed by atoms with van der Waals surface area (Å²) in [6, 6.07) is -1.66. The molecule has 7 heteroatoms. The average molecular weight is 269 g/mol. The first-order valence-corrected chi connectivity index (χ1v) is 6.55.